The Morgan fingerprint density at radius 2 is 1.74 bits per heavy atom. The summed E-state index contributed by atoms with van der Waals surface area (Å²) < 4.78 is 69.5. The number of alkyl halides is 3. The van der Waals surface area contributed by atoms with E-state index in [1.807, 2.05) is 0 Å². The predicted molar refractivity (Wildman–Crippen MR) is 158 cm³/mol. The second-order valence-corrected chi connectivity index (χ2v) is 10.9. The number of hydrogen-bond acceptors (Lipinski definition) is 9. The molecule has 2 aromatic carbocycles. The minimum atomic E-state index is -5.39. The van der Waals surface area contributed by atoms with Crippen molar-refractivity contribution < 1.29 is 41.7 Å². The van der Waals surface area contributed by atoms with Crippen molar-refractivity contribution in [1.82, 2.24) is 25.3 Å². The number of benzene rings is 2. The lowest BCUT2D eigenvalue weighted by atomic mass is 9.81. The molecule has 4 N–H and O–H groups in total. The van der Waals surface area contributed by atoms with Gasteiger partial charge in [-0.25, -0.2) is 19.3 Å². The van der Waals surface area contributed by atoms with E-state index in [0.29, 0.717) is 10.9 Å². The summed E-state index contributed by atoms with van der Waals surface area (Å²) in [7, 11) is 0. The molecule has 0 radical (unpaired) electrons. The van der Waals surface area contributed by atoms with Gasteiger partial charge in [-0.3, -0.25) is 14.6 Å². The van der Waals surface area contributed by atoms with Crippen LogP contribution in [0.1, 0.15) is 28.5 Å². The van der Waals surface area contributed by atoms with Crippen LogP contribution in [0.5, 0.6) is 17.5 Å². The van der Waals surface area contributed by atoms with Gasteiger partial charge in [0.1, 0.15) is 34.8 Å². The van der Waals surface area contributed by atoms with Gasteiger partial charge in [0.05, 0.1) is 12.2 Å². The van der Waals surface area contributed by atoms with Crippen LogP contribution in [-0.2, 0) is 15.8 Å². The topological polar surface area (TPSA) is 162 Å². The summed E-state index contributed by atoms with van der Waals surface area (Å²) in [4.78, 5) is 42.1. The van der Waals surface area contributed by atoms with E-state index in [4.69, 9.17) is 15.2 Å². The van der Waals surface area contributed by atoms with Crippen LogP contribution in [0.15, 0.2) is 79.3 Å². The SMILES string of the molecule is C[C@]1(C(N)=O)COc2c1cc(C(O)(CNC(=O)c1cc(Oc3ncccn3)c3ncccc3c1)C(F)(F)F)nc2-c1ccc(F)cc1. The first-order valence-corrected chi connectivity index (χ1v) is 14.0. The predicted octanol–water partition coefficient (Wildman–Crippen LogP) is 4.33. The first-order chi connectivity index (χ1) is 22.3. The third kappa shape index (κ3) is 5.65. The summed E-state index contributed by atoms with van der Waals surface area (Å²) in [5, 5.41) is 13.9. The molecule has 0 aliphatic carbocycles. The Hall–Kier alpha value is -5.70. The molecule has 0 fully saturated rings. The summed E-state index contributed by atoms with van der Waals surface area (Å²) >= 11 is 0. The molecule has 240 valence electrons. The minimum Gasteiger partial charge on any atom is -0.489 e. The van der Waals surface area contributed by atoms with Crippen LogP contribution in [0.2, 0.25) is 0 Å². The number of carbonyl (C=O) groups excluding carboxylic acids is 2. The maximum absolute atomic E-state index is 14.8. The van der Waals surface area contributed by atoms with Crippen molar-refractivity contribution in [2.24, 2.45) is 5.73 Å². The molecule has 2 amide bonds. The molecule has 0 bridgehead atoms. The Morgan fingerprint density at radius 1 is 1.04 bits per heavy atom. The van der Waals surface area contributed by atoms with Gasteiger partial charge in [0.25, 0.3) is 5.91 Å². The lowest BCUT2D eigenvalue weighted by Gasteiger charge is -2.31. The van der Waals surface area contributed by atoms with Gasteiger partial charge in [0.15, 0.2) is 5.75 Å². The number of ether oxygens (including phenoxy) is 2. The smallest absolute Gasteiger partial charge is 0.424 e. The Balaban J connectivity index is 1.40. The molecule has 0 spiro atoms. The van der Waals surface area contributed by atoms with E-state index in [9.17, 15) is 32.3 Å². The van der Waals surface area contributed by atoms with E-state index in [2.05, 4.69) is 25.3 Å². The zero-order valence-electron chi connectivity index (χ0n) is 24.4. The Labute approximate surface area is 263 Å². The van der Waals surface area contributed by atoms with Crippen LogP contribution < -0.4 is 20.5 Å². The van der Waals surface area contributed by atoms with Gasteiger partial charge in [-0.05, 0) is 61.5 Å². The zero-order valence-corrected chi connectivity index (χ0v) is 24.4. The van der Waals surface area contributed by atoms with Gasteiger partial charge >= 0.3 is 12.2 Å². The van der Waals surface area contributed by atoms with E-state index < -0.39 is 47.1 Å². The van der Waals surface area contributed by atoms with E-state index in [1.54, 1.807) is 18.2 Å². The highest BCUT2D eigenvalue weighted by atomic mass is 19.4. The third-order valence-electron chi connectivity index (χ3n) is 7.81. The summed E-state index contributed by atoms with van der Waals surface area (Å²) in [6.45, 7) is -0.322. The Bertz CT molecular complexity index is 2010. The summed E-state index contributed by atoms with van der Waals surface area (Å²) in [6, 6.07) is 12.9. The van der Waals surface area contributed by atoms with Crippen LogP contribution in [0.4, 0.5) is 17.6 Å². The van der Waals surface area contributed by atoms with Gasteiger partial charge in [-0.1, -0.05) is 6.07 Å². The van der Waals surface area contributed by atoms with E-state index >= 15 is 0 Å². The van der Waals surface area contributed by atoms with Crippen LogP contribution in [0.25, 0.3) is 22.2 Å². The number of fused-ring (bicyclic) bond motifs is 2. The van der Waals surface area contributed by atoms with Crippen LogP contribution in [0, 0.1) is 5.82 Å². The lowest BCUT2D eigenvalue weighted by Crippen LogP contribution is -2.51. The van der Waals surface area contributed by atoms with Crippen LogP contribution >= 0.6 is 0 Å². The fourth-order valence-corrected chi connectivity index (χ4v) is 5.05. The van der Waals surface area contributed by atoms with Crippen molar-refractivity contribution >= 4 is 22.7 Å². The molecule has 6 rings (SSSR count). The molecule has 1 unspecified atom stereocenters. The van der Waals surface area contributed by atoms with Gasteiger partial charge in [0.2, 0.25) is 11.5 Å². The average Bonchev–Trinajstić information content (AvgIpc) is 3.41. The molecule has 5 aromatic rings. The molecule has 1 aliphatic heterocycles. The van der Waals surface area contributed by atoms with Crippen molar-refractivity contribution in [3.63, 3.8) is 0 Å². The monoisotopic (exact) mass is 648 g/mol. The van der Waals surface area contributed by atoms with Crippen LogP contribution in [-0.4, -0.2) is 56.2 Å². The number of nitrogens with two attached hydrogens (primary N) is 1. The first kappa shape index (κ1) is 31.3. The maximum Gasteiger partial charge on any atom is 0.424 e. The van der Waals surface area contributed by atoms with Crippen molar-refractivity contribution in [2.45, 2.75) is 24.1 Å². The highest BCUT2D eigenvalue weighted by Gasteiger charge is 2.57. The quantitative estimate of drug-likeness (QED) is 0.208. The number of amides is 2. The molecule has 0 saturated carbocycles. The summed E-state index contributed by atoms with van der Waals surface area (Å²) in [6.07, 6.45) is -1.04. The molecular weight excluding hydrogens is 624 g/mol. The standard InChI is InChI=1S/C32H24F4N6O5/c1-30(28(37)44)16-46-26-21(30)14-23(42-25(26)17-5-7-20(33)8-6-17)31(45,32(34,35)36)15-41-27(43)19-12-18-4-2-9-38-24(18)22(13-19)47-29-39-10-3-11-40-29/h2-14,45H,15-16H2,1H3,(H2,37,44)(H,41,43)/t30-,31?/m0/s1. The number of rotatable bonds is 8. The van der Waals surface area contributed by atoms with E-state index in [1.165, 1.54) is 49.8 Å². The van der Waals surface area contributed by atoms with Crippen molar-refractivity contribution in [1.29, 1.82) is 0 Å². The normalized spacial score (nSPS) is 17.0. The van der Waals surface area contributed by atoms with Gasteiger partial charge in [-0.15, -0.1) is 0 Å². The molecule has 2 atom stereocenters. The Kier molecular flexibility index (Phi) is 7.71. The molecule has 47 heavy (non-hydrogen) atoms. The third-order valence-corrected chi connectivity index (χ3v) is 7.81. The van der Waals surface area contributed by atoms with Gasteiger partial charge in [0, 0.05) is 40.7 Å². The van der Waals surface area contributed by atoms with Gasteiger partial charge < -0.3 is 25.6 Å². The minimum absolute atomic E-state index is 0.0464. The zero-order chi connectivity index (χ0) is 33.6. The van der Waals surface area contributed by atoms with Crippen molar-refractivity contribution in [3.05, 3.63) is 102 Å². The van der Waals surface area contributed by atoms with Crippen molar-refractivity contribution in [3.8, 4) is 28.8 Å². The number of aromatic nitrogens is 4. The van der Waals surface area contributed by atoms with Crippen molar-refractivity contribution in [2.75, 3.05) is 13.2 Å². The molecule has 3 aromatic heterocycles. The molecular formula is C32H24F4N6O5. The molecule has 11 nitrogen and oxygen atoms in total. The van der Waals surface area contributed by atoms with E-state index in [0.717, 1.165) is 18.2 Å². The van der Waals surface area contributed by atoms with Crippen LogP contribution in [0.3, 0.4) is 0 Å². The molecule has 1 aliphatic rings. The Morgan fingerprint density at radius 3 is 2.43 bits per heavy atom. The summed E-state index contributed by atoms with van der Waals surface area (Å²) in [5.74, 6) is -2.50. The molecule has 4 heterocycles. The highest BCUT2D eigenvalue weighted by Crippen LogP contribution is 2.47. The fourth-order valence-electron chi connectivity index (χ4n) is 5.05. The second kappa shape index (κ2) is 11.6. The molecule has 15 heteroatoms. The maximum atomic E-state index is 14.8. The molecule has 0 saturated heterocycles. The highest BCUT2D eigenvalue weighted by molar-refractivity contribution is 6.00. The fraction of sp³-hybridized carbons (Fsp3) is 0.188. The number of hydrogen-bond donors (Lipinski definition) is 3. The first-order valence-electron chi connectivity index (χ1n) is 14.0. The number of carbonyl (C=O) groups is 2. The van der Waals surface area contributed by atoms with Gasteiger partial charge in [-0.2, -0.15) is 13.2 Å². The number of aliphatic hydroxyl groups is 1. The second-order valence-electron chi connectivity index (χ2n) is 10.9. The van der Waals surface area contributed by atoms with E-state index in [-0.39, 0.29) is 46.5 Å². The number of primary amides is 1. The number of halogens is 4. The largest absolute Gasteiger partial charge is 0.489 e. The lowest BCUT2D eigenvalue weighted by molar-refractivity contribution is -0.265. The average molecular weight is 649 g/mol. The number of pyridine rings is 2. The number of nitrogens with zero attached hydrogens (tertiary/aromatic N) is 4. The summed E-state index contributed by atoms with van der Waals surface area (Å²) in [5.41, 5.74) is -0.597. The number of nitrogens with one attached hydrogen (secondary N) is 1.